The van der Waals surface area contributed by atoms with Crippen molar-refractivity contribution in [2.45, 2.75) is 31.3 Å². The van der Waals surface area contributed by atoms with Crippen molar-refractivity contribution in [2.24, 2.45) is 0 Å². The van der Waals surface area contributed by atoms with Crippen molar-refractivity contribution in [3.8, 4) is 0 Å². The Labute approximate surface area is 110 Å². The number of nitrogens with one attached hydrogen (secondary N) is 1. The molecule has 1 atom stereocenters. The van der Waals surface area contributed by atoms with Crippen molar-refractivity contribution < 1.29 is 13.2 Å². The molecule has 1 nitrogen and oxygen atoms in total. The predicted molar refractivity (Wildman–Crippen MR) is 70.7 cm³/mol. The Balaban J connectivity index is 2.36. The molecule has 102 valence electrons. The Hall–Kier alpha value is -0.680. The van der Waals surface area contributed by atoms with E-state index in [0.717, 1.165) is 30.7 Å². The third-order valence-corrected chi connectivity index (χ3v) is 3.78. The number of hydrogen-bond donors (Lipinski definition) is 1. The van der Waals surface area contributed by atoms with Crippen LogP contribution in [0.3, 0.4) is 0 Å². The molecular weight excluding hydrogens is 259 g/mol. The van der Waals surface area contributed by atoms with Crippen LogP contribution in [0.5, 0.6) is 0 Å². The lowest BCUT2D eigenvalue weighted by molar-refractivity contribution is -0.137. The Bertz CT molecular complexity index is 348. The molecule has 1 unspecified atom stereocenters. The molecule has 1 N–H and O–H groups in total. The van der Waals surface area contributed by atoms with Crippen LogP contribution < -0.4 is 5.32 Å². The lowest BCUT2D eigenvalue weighted by atomic mass is 10.1. The van der Waals surface area contributed by atoms with Gasteiger partial charge < -0.3 is 5.32 Å². The van der Waals surface area contributed by atoms with Crippen LogP contribution in [0.25, 0.3) is 0 Å². The van der Waals surface area contributed by atoms with E-state index in [4.69, 9.17) is 0 Å². The lowest BCUT2D eigenvalue weighted by Gasteiger charge is -2.10. The number of benzene rings is 1. The van der Waals surface area contributed by atoms with E-state index in [9.17, 15) is 13.2 Å². The highest BCUT2D eigenvalue weighted by Gasteiger charge is 2.29. The summed E-state index contributed by atoms with van der Waals surface area (Å²) in [5, 5.41) is 3.83. The van der Waals surface area contributed by atoms with E-state index in [0.29, 0.717) is 11.8 Å². The summed E-state index contributed by atoms with van der Waals surface area (Å²) < 4.78 is 37.0. The molecular formula is C13H18F3NS. The summed E-state index contributed by atoms with van der Waals surface area (Å²) in [5.41, 5.74) is 0.280. The highest BCUT2D eigenvalue weighted by molar-refractivity contribution is 7.99. The normalized spacial score (nSPS) is 13.6. The first-order chi connectivity index (χ1) is 8.43. The molecule has 0 aliphatic heterocycles. The molecule has 1 aromatic carbocycles. The van der Waals surface area contributed by atoms with E-state index in [1.54, 1.807) is 0 Å². The molecule has 0 fully saturated rings. The van der Waals surface area contributed by atoms with Crippen molar-refractivity contribution in [2.75, 3.05) is 12.8 Å². The monoisotopic (exact) mass is 277 g/mol. The van der Waals surface area contributed by atoms with E-state index in [1.165, 1.54) is 12.1 Å². The van der Waals surface area contributed by atoms with Gasteiger partial charge in [-0.1, -0.05) is 19.1 Å². The van der Waals surface area contributed by atoms with Crippen LogP contribution in [0.4, 0.5) is 13.2 Å². The minimum atomic E-state index is -4.25. The zero-order chi connectivity index (χ0) is 13.6. The summed E-state index contributed by atoms with van der Waals surface area (Å²) in [7, 11) is 0. The Morgan fingerprint density at radius 3 is 2.33 bits per heavy atom. The van der Waals surface area contributed by atoms with Gasteiger partial charge in [0.2, 0.25) is 0 Å². The van der Waals surface area contributed by atoms with Gasteiger partial charge >= 0.3 is 6.18 Å². The molecule has 0 aliphatic carbocycles. The Morgan fingerprint density at radius 2 is 1.83 bits per heavy atom. The van der Waals surface area contributed by atoms with Gasteiger partial charge in [0, 0.05) is 11.8 Å². The first-order valence-corrected chi connectivity index (χ1v) is 7.12. The summed E-state index contributed by atoms with van der Waals surface area (Å²) in [4.78, 5) is 0. The van der Waals surface area contributed by atoms with Crippen LogP contribution in [0.15, 0.2) is 24.3 Å². The van der Waals surface area contributed by atoms with Crippen LogP contribution in [-0.4, -0.2) is 18.1 Å². The van der Waals surface area contributed by atoms with Crippen LogP contribution in [-0.2, 0) is 12.7 Å². The Kier molecular flexibility index (Phi) is 6.02. The molecule has 1 rings (SSSR count). The number of halogens is 3. The summed E-state index contributed by atoms with van der Waals surface area (Å²) in [6, 6.07) is 5.30. The van der Waals surface area contributed by atoms with E-state index in [-0.39, 0.29) is 0 Å². The van der Waals surface area contributed by atoms with Gasteiger partial charge in [0.1, 0.15) is 0 Å². The smallest absolute Gasteiger partial charge is 0.313 e. The lowest BCUT2D eigenvalue weighted by Crippen LogP contribution is -2.17. The SMILES string of the molecule is CSC(C)CCNCc1ccc(C(F)(F)F)cc1. The van der Waals surface area contributed by atoms with Crippen molar-refractivity contribution in [3.05, 3.63) is 35.4 Å². The second-order valence-electron chi connectivity index (χ2n) is 4.21. The van der Waals surface area contributed by atoms with Crippen molar-refractivity contribution >= 4 is 11.8 Å². The van der Waals surface area contributed by atoms with E-state index in [1.807, 2.05) is 11.8 Å². The van der Waals surface area contributed by atoms with E-state index >= 15 is 0 Å². The fourth-order valence-corrected chi connectivity index (χ4v) is 1.82. The highest BCUT2D eigenvalue weighted by atomic mass is 32.2. The molecule has 0 aromatic heterocycles. The van der Waals surface area contributed by atoms with Gasteiger partial charge in [-0.05, 0) is 36.9 Å². The van der Waals surface area contributed by atoms with E-state index in [2.05, 4.69) is 18.5 Å². The van der Waals surface area contributed by atoms with Gasteiger partial charge in [0.05, 0.1) is 5.56 Å². The minimum Gasteiger partial charge on any atom is -0.313 e. The van der Waals surface area contributed by atoms with Crippen LogP contribution in [0, 0.1) is 0 Å². The predicted octanol–water partition coefficient (Wildman–Crippen LogP) is 3.94. The van der Waals surface area contributed by atoms with Crippen LogP contribution >= 0.6 is 11.8 Å². The highest BCUT2D eigenvalue weighted by Crippen LogP contribution is 2.28. The van der Waals surface area contributed by atoms with Gasteiger partial charge in [0.15, 0.2) is 0 Å². The number of rotatable bonds is 6. The number of thioether (sulfide) groups is 1. The fraction of sp³-hybridized carbons (Fsp3) is 0.538. The van der Waals surface area contributed by atoms with Crippen molar-refractivity contribution in [3.63, 3.8) is 0 Å². The summed E-state index contributed by atoms with van der Waals surface area (Å²) in [6.07, 6.45) is -1.12. The molecule has 5 heteroatoms. The van der Waals surface area contributed by atoms with Gasteiger partial charge in [-0.3, -0.25) is 0 Å². The fourth-order valence-electron chi connectivity index (χ4n) is 1.47. The summed E-state index contributed by atoms with van der Waals surface area (Å²) >= 11 is 1.81. The molecule has 0 amide bonds. The molecule has 0 heterocycles. The maximum absolute atomic E-state index is 12.3. The molecule has 0 aliphatic rings. The largest absolute Gasteiger partial charge is 0.416 e. The molecule has 0 spiro atoms. The second kappa shape index (κ2) is 7.04. The standard InChI is InChI=1S/C13H18F3NS/c1-10(18-2)7-8-17-9-11-3-5-12(6-4-11)13(14,15)16/h3-6,10,17H,7-9H2,1-2H3. The molecule has 0 radical (unpaired) electrons. The van der Waals surface area contributed by atoms with Crippen molar-refractivity contribution in [1.82, 2.24) is 5.32 Å². The first-order valence-electron chi connectivity index (χ1n) is 5.83. The topological polar surface area (TPSA) is 12.0 Å². The summed E-state index contributed by atoms with van der Waals surface area (Å²) in [6.45, 7) is 3.65. The van der Waals surface area contributed by atoms with Crippen LogP contribution in [0.2, 0.25) is 0 Å². The second-order valence-corrected chi connectivity index (χ2v) is 5.48. The summed E-state index contributed by atoms with van der Waals surface area (Å²) in [5.74, 6) is 0. The zero-order valence-electron chi connectivity index (χ0n) is 10.6. The van der Waals surface area contributed by atoms with Gasteiger partial charge in [-0.15, -0.1) is 0 Å². The maximum Gasteiger partial charge on any atom is 0.416 e. The first kappa shape index (κ1) is 15.4. The van der Waals surface area contributed by atoms with Crippen molar-refractivity contribution in [1.29, 1.82) is 0 Å². The van der Waals surface area contributed by atoms with Crippen LogP contribution in [0.1, 0.15) is 24.5 Å². The number of hydrogen-bond acceptors (Lipinski definition) is 2. The maximum atomic E-state index is 12.3. The molecule has 1 aromatic rings. The van der Waals surface area contributed by atoms with Gasteiger partial charge in [-0.2, -0.15) is 24.9 Å². The van der Waals surface area contributed by atoms with Gasteiger partial charge in [-0.25, -0.2) is 0 Å². The van der Waals surface area contributed by atoms with Gasteiger partial charge in [0.25, 0.3) is 0 Å². The molecule has 0 saturated carbocycles. The van der Waals surface area contributed by atoms with E-state index < -0.39 is 11.7 Å². The third-order valence-electron chi connectivity index (χ3n) is 2.74. The average molecular weight is 277 g/mol. The molecule has 0 saturated heterocycles. The molecule has 0 bridgehead atoms. The third kappa shape index (κ3) is 5.31. The Morgan fingerprint density at radius 1 is 1.22 bits per heavy atom. The molecule has 18 heavy (non-hydrogen) atoms. The quantitative estimate of drug-likeness (QED) is 0.791. The minimum absolute atomic E-state index is 0.595. The average Bonchev–Trinajstić information content (AvgIpc) is 2.33. The number of alkyl halides is 3. The zero-order valence-corrected chi connectivity index (χ0v) is 11.4.